The lowest BCUT2D eigenvalue weighted by Crippen LogP contribution is -2.40. The first-order chi connectivity index (χ1) is 8.84. The van der Waals surface area contributed by atoms with Crippen LogP contribution in [0.25, 0.3) is 5.52 Å². The first kappa shape index (κ1) is 11.5. The van der Waals surface area contributed by atoms with E-state index in [0.717, 1.165) is 17.9 Å². The smallest absolute Gasteiger partial charge is 0.152 e. The summed E-state index contributed by atoms with van der Waals surface area (Å²) < 4.78 is 1.85. The monoisotopic (exact) mass is 245 g/mol. The van der Waals surface area contributed by atoms with Crippen molar-refractivity contribution in [1.29, 1.82) is 0 Å². The summed E-state index contributed by atoms with van der Waals surface area (Å²) in [6, 6.07) is 2.60. The molecule has 0 aromatic carbocycles. The second kappa shape index (κ2) is 4.94. The number of nitrogens with zero attached hydrogens (tertiary/aromatic N) is 4. The van der Waals surface area contributed by atoms with E-state index in [-0.39, 0.29) is 0 Å². The standard InChI is InChI=1S/C13H19N5/c1-17-8-3-2-4-11(17)10-15-13-12-5-6-16-18(12)9-7-14-13/h5-7,9,11H,2-4,8,10H2,1H3,(H,14,15). The minimum absolute atomic E-state index is 0.615. The maximum absolute atomic E-state index is 4.40. The maximum atomic E-state index is 4.40. The molecule has 1 atom stereocenters. The Labute approximate surface area is 107 Å². The van der Waals surface area contributed by atoms with Gasteiger partial charge in [-0.05, 0) is 32.5 Å². The van der Waals surface area contributed by atoms with E-state index in [1.54, 1.807) is 12.4 Å². The molecule has 3 rings (SSSR count). The molecule has 2 aromatic rings. The van der Waals surface area contributed by atoms with Crippen LogP contribution in [-0.4, -0.2) is 45.7 Å². The molecular weight excluding hydrogens is 226 g/mol. The van der Waals surface area contributed by atoms with Crippen LogP contribution in [0.15, 0.2) is 24.7 Å². The van der Waals surface area contributed by atoms with Gasteiger partial charge in [0.25, 0.3) is 0 Å². The fourth-order valence-corrected chi connectivity index (χ4v) is 2.61. The Hall–Kier alpha value is -1.62. The van der Waals surface area contributed by atoms with Crippen molar-refractivity contribution in [2.24, 2.45) is 0 Å². The molecule has 1 aliphatic rings. The summed E-state index contributed by atoms with van der Waals surface area (Å²) in [5.41, 5.74) is 1.04. The lowest BCUT2D eigenvalue weighted by atomic mass is 10.0. The number of likely N-dealkylation sites (N-methyl/N-ethyl adjacent to an activating group) is 1. The van der Waals surface area contributed by atoms with Gasteiger partial charge in [-0.25, -0.2) is 9.50 Å². The molecule has 0 bridgehead atoms. The molecule has 1 unspecified atom stereocenters. The number of anilines is 1. The number of aromatic nitrogens is 3. The normalized spacial score (nSPS) is 21.3. The largest absolute Gasteiger partial charge is 0.367 e. The highest BCUT2D eigenvalue weighted by molar-refractivity contribution is 5.66. The Bertz CT molecular complexity index is 521. The average molecular weight is 245 g/mol. The number of likely N-dealkylation sites (tertiary alicyclic amines) is 1. The zero-order valence-electron chi connectivity index (χ0n) is 10.7. The third-order valence-electron chi connectivity index (χ3n) is 3.75. The molecule has 18 heavy (non-hydrogen) atoms. The topological polar surface area (TPSA) is 45.5 Å². The van der Waals surface area contributed by atoms with Gasteiger partial charge in [-0.3, -0.25) is 0 Å². The molecule has 0 radical (unpaired) electrons. The summed E-state index contributed by atoms with van der Waals surface area (Å²) in [6.45, 7) is 2.16. The second-order valence-electron chi connectivity index (χ2n) is 4.95. The molecule has 3 heterocycles. The quantitative estimate of drug-likeness (QED) is 0.892. The van der Waals surface area contributed by atoms with Gasteiger partial charge < -0.3 is 10.2 Å². The zero-order valence-corrected chi connectivity index (χ0v) is 10.7. The van der Waals surface area contributed by atoms with Crippen molar-refractivity contribution in [3.8, 4) is 0 Å². The number of piperidine rings is 1. The van der Waals surface area contributed by atoms with Crippen molar-refractivity contribution in [3.63, 3.8) is 0 Å². The van der Waals surface area contributed by atoms with Gasteiger partial charge >= 0.3 is 0 Å². The van der Waals surface area contributed by atoms with Crippen LogP contribution in [0.4, 0.5) is 5.82 Å². The molecular formula is C13H19N5. The summed E-state index contributed by atoms with van der Waals surface area (Å²) in [6.07, 6.45) is 9.38. The molecule has 0 aliphatic carbocycles. The molecule has 5 nitrogen and oxygen atoms in total. The number of fused-ring (bicyclic) bond motifs is 1. The molecule has 0 saturated carbocycles. The summed E-state index contributed by atoms with van der Waals surface area (Å²) in [5, 5.41) is 7.68. The van der Waals surface area contributed by atoms with Crippen molar-refractivity contribution in [2.45, 2.75) is 25.3 Å². The number of hydrogen-bond acceptors (Lipinski definition) is 4. The van der Waals surface area contributed by atoms with Gasteiger partial charge in [0, 0.05) is 25.0 Å². The SMILES string of the molecule is CN1CCCCC1CNc1nccn2nccc12. The third-order valence-corrected chi connectivity index (χ3v) is 3.75. The molecule has 2 aromatic heterocycles. The van der Waals surface area contributed by atoms with Crippen LogP contribution in [-0.2, 0) is 0 Å². The van der Waals surface area contributed by atoms with Crippen molar-refractivity contribution in [2.75, 3.05) is 25.5 Å². The van der Waals surface area contributed by atoms with Crippen molar-refractivity contribution < 1.29 is 0 Å². The Morgan fingerprint density at radius 3 is 3.22 bits per heavy atom. The number of nitrogens with one attached hydrogen (secondary N) is 1. The molecule has 1 aliphatic heterocycles. The fourth-order valence-electron chi connectivity index (χ4n) is 2.61. The van der Waals surface area contributed by atoms with Gasteiger partial charge in [0.1, 0.15) is 5.52 Å². The minimum atomic E-state index is 0.615. The van der Waals surface area contributed by atoms with E-state index in [1.165, 1.54) is 25.8 Å². The molecule has 1 fully saturated rings. The van der Waals surface area contributed by atoms with E-state index in [2.05, 4.69) is 27.3 Å². The van der Waals surface area contributed by atoms with Crippen LogP contribution in [0.1, 0.15) is 19.3 Å². The van der Waals surface area contributed by atoms with Gasteiger partial charge in [0.05, 0.1) is 6.20 Å². The van der Waals surface area contributed by atoms with Gasteiger partial charge in [0.15, 0.2) is 5.82 Å². The average Bonchev–Trinajstić information content (AvgIpc) is 2.86. The predicted octanol–water partition coefficient (Wildman–Crippen LogP) is 1.63. The highest BCUT2D eigenvalue weighted by atomic mass is 15.2. The van der Waals surface area contributed by atoms with Crippen molar-refractivity contribution in [3.05, 3.63) is 24.7 Å². The molecule has 5 heteroatoms. The van der Waals surface area contributed by atoms with Crippen LogP contribution < -0.4 is 5.32 Å². The van der Waals surface area contributed by atoms with E-state index in [4.69, 9.17) is 0 Å². The van der Waals surface area contributed by atoms with E-state index < -0.39 is 0 Å². The highest BCUT2D eigenvalue weighted by Gasteiger charge is 2.18. The predicted molar refractivity (Wildman–Crippen MR) is 71.7 cm³/mol. The first-order valence-electron chi connectivity index (χ1n) is 6.57. The highest BCUT2D eigenvalue weighted by Crippen LogP contribution is 2.17. The summed E-state index contributed by atoms with van der Waals surface area (Å²) >= 11 is 0. The van der Waals surface area contributed by atoms with Crippen LogP contribution >= 0.6 is 0 Å². The van der Waals surface area contributed by atoms with Crippen LogP contribution in [0.3, 0.4) is 0 Å². The first-order valence-corrected chi connectivity index (χ1v) is 6.57. The molecule has 0 amide bonds. The molecule has 1 N–H and O–H groups in total. The van der Waals surface area contributed by atoms with Crippen LogP contribution in [0.5, 0.6) is 0 Å². The van der Waals surface area contributed by atoms with E-state index in [0.29, 0.717) is 6.04 Å². The molecule has 96 valence electrons. The van der Waals surface area contributed by atoms with Gasteiger partial charge in [-0.15, -0.1) is 0 Å². The maximum Gasteiger partial charge on any atom is 0.152 e. The van der Waals surface area contributed by atoms with Gasteiger partial charge in [0.2, 0.25) is 0 Å². The summed E-state index contributed by atoms with van der Waals surface area (Å²) in [4.78, 5) is 6.84. The van der Waals surface area contributed by atoms with Crippen LogP contribution in [0.2, 0.25) is 0 Å². The van der Waals surface area contributed by atoms with E-state index in [9.17, 15) is 0 Å². The Kier molecular flexibility index (Phi) is 3.15. The Morgan fingerprint density at radius 2 is 2.33 bits per heavy atom. The second-order valence-corrected chi connectivity index (χ2v) is 4.95. The Morgan fingerprint density at radius 1 is 1.39 bits per heavy atom. The molecule has 1 saturated heterocycles. The van der Waals surface area contributed by atoms with Crippen molar-refractivity contribution >= 4 is 11.3 Å². The third kappa shape index (κ3) is 2.18. The van der Waals surface area contributed by atoms with Gasteiger partial charge in [-0.2, -0.15) is 5.10 Å². The number of rotatable bonds is 3. The summed E-state index contributed by atoms with van der Waals surface area (Å²) in [7, 11) is 2.21. The summed E-state index contributed by atoms with van der Waals surface area (Å²) in [5.74, 6) is 0.925. The van der Waals surface area contributed by atoms with Crippen LogP contribution in [0, 0.1) is 0 Å². The van der Waals surface area contributed by atoms with Crippen molar-refractivity contribution in [1.82, 2.24) is 19.5 Å². The van der Waals surface area contributed by atoms with E-state index in [1.807, 2.05) is 16.8 Å². The van der Waals surface area contributed by atoms with E-state index >= 15 is 0 Å². The fraction of sp³-hybridized carbons (Fsp3) is 0.538. The van der Waals surface area contributed by atoms with Gasteiger partial charge in [-0.1, -0.05) is 6.42 Å². The minimum Gasteiger partial charge on any atom is -0.367 e. The lowest BCUT2D eigenvalue weighted by molar-refractivity contribution is 0.194. The molecule has 0 spiro atoms. The zero-order chi connectivity index (χ0) is 12.4. The lowest BCUT2D eigenvalue weighted by Gasteiger charge is -2.32. The number of hydrogen-bond donors (Lipinski definition) is 1. The Balaban J connectivity index is 1.71.